The first-order chi connectivity index (χ1) is 12.7. The Balaban J connectivity index is 2.17. The number of carbonyl (C=O) groups excluding carboxylic acids is 2. The molecule has 1 fully saturated rings. The molecule has 1 heterocycles. The summed E-state index contributed by atoms with van der Waals surface area (Å²) in [6.07, 6.45) is 4.14. The number of ether oxygens (including phenoxy) is 2. The SMILES string of the molecule is CC(C)=CCC1CC(C(Cc2cccc(F)c2)CC(C)(C)OC=O)OC1=O. The van der Waals surface area contributed by atoms with Crippen LogP contribution in [-0.2, 0) is 25.5 Å². The smallest absolute Gasteiger partial charge is 0.309 e. The molecule has 1 saturated heterocycles. The predicted octanol–water partition coefficient (Wildman–Crippen LogP) is 4.61. The molecule has 2 rings (SSSR count). The van der Waals surface area contributed by atoms with Gasteiger partial charge in [0.1, 0.15) is 17.5 Å². The summed E-state index contributed by atoms with van der Waals surface area (Å²) in [6, 6.07) is 6.44. The van der Waals surface area contributed by atoms with Gasteiger partial charge in [-0.05, 0) is 71.1 Å². The number of hydrogen-bond acceptors (Lipinski definition) is 4. The molecule has 0 radical (unpaired) electrons. The Morgan fingerprint density at radius 3 is 2.78 bits per heavy atom. The molecule has 27 heavy (non-hydrogen) atoms. The normalized spacial score (nSPS) is 20.7. The first-order valence-electron chi connectivity index (χ1n) is 9.40. The second kappa shape index (κ2) is 9.16. The molecule has 0 aromatic heterocycles. The van der Waals surface area contributed by atoms with E-state index in [-0.39, 0.29) is 29.7 Å². The van der Waals surface area contributed by atoms with Crippen molar-refractivity contribution in [2.45, 2.75) is 65.1 Å². The third kappa shape index (κ3) is 6.49. The van der Waals surface area contributed by atoms with Gasteiger partial charge in [-0.25, -0.2) is 4.39 Å². The van der Waals surface area contributed by atoms with Gasteiger partial charge in [0.15, 0.2) is 0 Å². The summed E-state index contributed by atoms with van der Waals surface area (Å²) < 4.78 is 24.5. The highest BCUT2D eigenvalue weighted by Gasteiger charge is 2.40. The molecular formula is C22H29FO4. The van der Waals surface area contributed by atoms with Gasteiger partial charge in [-0.2, -0.15) is 0 Å². The Kier molecular flexibility index (Phi) is 7.17. The molecule has 0 saturated carbocycles. The van der Waals surface area contributed by atoms with Crippen molar-refractivity contribution in [2.24, 2.45) is 11.8 Å². The quantitative estimate of drug-likeness (QED) is 0.359. The number of cyclic esters (lactones) is 1. The van der Waals surface area contributed by atoms with E-state index in [0.717, 1.165) is 5.56 Å². The van der Waals surface area contributed by atoms with Crippen molar-refractivity contribution in [2.75, 3.05) is 0 Å². The number of halogens is 1. The van der Waals surface area contributed by atoms with Gasteiger partial charge in [-0.1, -0.05) is 23.8 Å². The van der Waals surface area contributed by atoms with Crippen LogP contribution in [0.4, 0.5) is 4.39 Å². The summed E-state index contributed by atoms with van der Waals surface area (Å²) in [6.45, 7) is 8.11. The van der Waals surface area contributed by atoms with E-state index in [1.165, 1.54) is 17.7 Å². The highest BCUT2D eigenvalue weighted by molar-refractivity contribution is 5.74. The van der Waals surface area contributed by atoms with Crippen LogP contribution in [0.5, 0.6) is 0 Å². The molecule has 1 aromatic carbocycles. The Morgan fingerprint density at radius 1 is 1.41 bits per heavy atom. The number of rotatable bonds is 9. The topological polar surface area (TPSA) is 52.6 Å². The summed E-state index contributed by atoms with van der Waals surface area (Å²) in [5.41, 5.74) is 1.32. The molecule has 4 nitrogen and oxygen atoms in total. The minimum Gasteiger partial charge on any atom is -0.462 e. The third-order valence-electron chi connectivity index (χ3n) is 4.96. The molecule has 0 spiro atoms. The van der Waals surface area contributed by atoms with Crippen LogP contribution >= 0.6 is 0 Å². The van der Waals surface area contributed by atoms with Gasteiger partial charge in [-0.15, -0.1) is 0 Å². The van der Waals surface area contributed by atoms with E-state index in [1.54, 1.807) is 6.07 Å². The minimum atomic E-state index is -0.690. The van der Waals surface area contributed by atoms with Gasteiger partial charge in [0, 0.05) is 5.92 Å². The molecule has 5 heteroatoms. The van der Waals surface area contributed by atoms with Gasteiger partial charge in [0.25, 0.3) is 6.47 Å². The summed E-state index contributed by atoms with van der Waals surface area (Å²) in [7, 11) is 0. The zero-order valence-electron chi connectivity index (χ0n) is 16.5. The van der Waals surface area contributed by atoms with Crippen LogP contribution in [-0.4, -0.2) is 24.1 Å². The van der Waals surface area contributed by atoms with Crippen LogP contribution in [0, 0.1) is 17.7 Å². The number of benzene rings is 1. The highest BCUT2D eigenvalue weighted by atomic mass is 19.1. The van der Waals surface area contributed by atoms with Gasteiger partial charge in [0.05, 0.1) is 5.92 Å². The fraction of sp³-hybridized carbons (Fsp3) is 0.545. The zero-order valence-corrected chi connectivity index (χ0v) is 16.5. The maximum atomic E-state index is 13.6. The van der Waals surface area contributed by atoms with Gasteiger partial charge >= 0.3 is 5.97 Å². The molecule has 0 bridgehead atoms. The van der Waals surface area contributed by atoms with E-state index in [0.29, 0.717) is 32.2 Å². The van der Waals surface area contributed by atoms with E-state index in [9.17, 15) is 14.0 Å². The van der Waals surface area contributed by atoms with E-state index < -0.39 is 5.60 Å². The Hall–Kier alpha value is -2.17. The lowest BCUT2D eigenvalue weighted by atomic mass is 9.82. The van der Waals surface area contributed by atoms with Crippen molar-refractivity contribution in [1.29, 1.82) is 0 Å². The largest absolute Gasteiger partial charge is 0.462 e. The molecule has 1 aliphatic heterocycles. The van der Waals surface area contributed by atoms with Crippen LogP contribution in [0.3, 0.4) is 0 Å². The monoisotopic (exact) mass is 376 g/mol. The molecule has 1 aromatic rings. The highest BCUT2D eigenvalue weighted by Crippen LogP contribution is 2.35. The lowest BCUT2D eigenvalue weighted by molar-refractivity contribution is -0.150. The van der Waals surface area contributed by atoms with Crippen LogP contribution in [0.25, 0.3) is 0 Å². The Morgan fingerprint density at radius 2 is 2.15 bits per heavy atom. The fourth-order valence-corrected chi connectivity index (χ4v) is 3.64. The van der Waals surface area contributed by atoms with Gasteiger partial charge in [0.2, 0.25) is 0 Å². The average Bonchev–Trinajstić information content (AvgIpc) is 2.93. The van der Waals surface area contributed by atoms with Crippen molar-refractivity contribution in [3.05, 3.63) is 47.3 Å². The van der Waals surface area contributed by atoms with Crippen molar-refractivity contribution in [1.82, 2.24) is 0 Å². The second-order valence-electron chi connectivity index (χ2n) is 8.20. The molecule has 0 amide bonds. The standard InChI is InChI=1S/C22H29FO4/c1-15(2)8-9-17-12-20(27-21(17)25)18(13-22(3,4)26-14-24)10-16-6-5-7-19(23)11-16/h5-8,11,14,17-18,20H,9-10,12-13H2,1-4H3. The fourth-order valence-electron chi connectivity index (χ4n) is 3.64. The summed E-state index contributed by atoms with van der Waals surface area (Å²) in [5.74, 6) is -0.701. The van der Waals surface area contributed by atoms with Crippen LogP contribution in [0.2, 0.25) is 0 Å². The molecule has 148 valence electrons. The Bertz CT molecular complexity index is 691. The average molecular weight is 376 g/mol. The number of allylic oxidation sites excluding steroid dienone is 2. The van der Waals surface area contributed by atoms with Crippen LogP contribution < -0.4 is 0 Å². The maximum absolute atomic E-state index is 13.6. The molecule has 3 unspecified atom stereocenters. The Labute approximate surface area is 160 Å². The molecule has 0 N–H and O–H groups in total. The lowest BCUT2D eigenvalue weighted by Gasteiger charge is -2.31. The van der Waals surface area contributed by atoms with Crippen molar-refractivity contribution < 1.29 is 23.5 Å². The van der Waals surface area contributed by atoms with Crippen LogP contribution in [0.15, 0.2) is 35.9 Å². The van der Waals surface area contributed by atoms with Gasteiger partial charge in [-0.3, -0.25) is 9.59 Å². The number of esters is 1. The minimum absolute atomic E-state index is 0.0672. The zero-order chi connectivity index (χ0) is 20.0. The van der Waals surface area contributed by atoms with E-state index in [4.69, 9.17) is 9.47 Å². The predicted molar refractivity (Wildman–Crippen MR) is 101 cm³/mol. The summed E-state index contributed by atoms with van der Waals surface area (Å²) in [5, 5.41) is 0. The van der Waals surface area contributed by atoms with Crippen molar-refractivity contribution in [3.8, 4) is 0 Å². The van der Waals surface area contributed by atoms with Gasteiger partial charge < -0.3 is 9.47 Å². The molecule has 1 aliphatic rings. The number of hydrogen-bond donors (Lipinski definition) is 0. The van der Waals surface area contributed by atoms with E-state index >= 15 is 0 Å². The van der Waals surface area contributed by atoms with Crippen molar-refractivity contribution in [3.63, 3.8) is 0 Å². The maximum Gasteiger partial charge on any atom is 0.309 e. The summed E-state index contributed by atoms with van der Waals surface area (Å²) >= 11 is 0. The first kappa shape index (κ1) is 21.1. The molecule has 0 aliphatic carbocycles. The van der Waals surface area contributed by atoms with E-state index in [1.807, 2.05) is 33.8 Å². The summed E-state index contributed by atoms with van der Waals surface area (Å²) in [4.78, 5) is 23.1. The first-order valence-corrected chi connectivity index (χ1v) is 9.40. The van der Waals surface area contributed by atoms with Crippen molar-refractivity contribution >= 4 is 12.4 Å². The second-order valence-corrected chi connectivity index (χ2v) is 8.20. The number of carbonyl (C=O) groups is 2. The van der Waals surface area contributed by atoms with E-state index in [2.05, 4.69) is 6.08 Å². The molecule has 3 atom stereocenters. The lowest BCUT2D eigenvalue weighted by Crippen LogP contribution is -2.33. The van der Waals surface area contributed by atoms with Crippen LogP contribution in [0.1, 0.15) is 52.5 Å². The molecular weight excluding hydrogens is 347 g/mol. The third-order valence-corrected chi connectivity index (χ3v) is 4.96.